The van der Waals surface area contributed by atoms with Gasteiger partial charge in [0, 0.05) is 6.42 Å². The molecule has 3 heteroatoms. The molecule has 2 N–H and O–H groups in total. The van der Waals surface area contributed by atoms with Crippen LogP contribution in [0.25, 0.3) is 6.08 Å². The standard InChI is InChI=1S/C15H19NO2/c1-15(2)9-12-6-4-3-5-11(12)7-13(15)8-14(16)18-10-17/h3-7,10,14H,8-9,16H2,1-2H3. The van der Waals surface area contributed by atoms with Gasteiger partial charge in [0.2, 0.25) is 0 Å². The Balaban J connectivity index is 2.27. The van der Waals surface area contributed by atoms with E-state index >= 15 is 0 Å². The minimum absolute atomic E-state index is 0.0538. The summed E-state index contributed by atoms with van der Waals surface area (Å²) in [6.45, 7) is 4.81. The van der Waals surface area contributed by atoms with Gasteiger partial charge in [-0.3, -0.25) is 10.5 Å². The molecule has 0 radical (unpaired) electrons. The summed E-state index contributed by atoms with van der Waals surface area (Å²) in [4.78, 5) is 10.3. The third-order valence-corrected chi connectivity index (χ3v) is 3.54. The van der Waals surface area contributed by atoms with E-state index in [0.29, 0.717) is 12.9 Å². The number of hydrogen-bond acceptors (Lipinski definition) is 3. The smallest absolute Gasteiger partial charge is 0.294 e. The first kappa shape index (κ1) is 12.8. The zero-order valence-electron chi connectivity index (χ0n) is 10.8. The fourth-order valence-electron chi connectivity index (χ4n) is 2.48. The van der Waals surface area contributed by atoms with Gasteiger partial charge in [-0.15, -0.1) is 0 Å². The molecule has 1 aromatic rings. The molecule has 2 rings (SSSR count). The summed E-state index contributed by atoms with van der Waals surface area (Å²) in [5.74, 6) is 0. The van der Waals surface area contributed by atoms with E-state index in [9.17, 15) is 4.79 Å². The Bertz CT molecular complexity index is 477. The highest BCUT2D eigenvalue weighted by molar-refractivity contribution is 5.61. The molecule has 0 amide bonds. The van der Waals surface area contributed by atoms with Crippen LogP contribution in [0.1, 0.15) is 31.4 Å². The molecule has 0 saturated carbocycles. The highest BCUT2D eigenvalue weighted by Gasteiger charge is 2.29. The fraction of sp³-hybridized carbons (Fsp3) is 0.400. The lowest BCUT2D eigenvalue weighted by atomic mass is 9.72. The monoisotopic (exact) mass is 245 g/mol. The van der Waals surface area contributed by atoms with Gasteiger partial charge in [0.15, 0.2) is 6.23 Å². The van der Waals surface area contributed by atoms with Gasteiger partial charge in [-0.1, -0.05) is 49.8 Å². The first-order valence-corrected chi connectivity index (χ1v) is 6.16. The number of benzene rings is 1. The lowest BCUT2D eigenvalue weighted by Crippen LogP contribution is -2.30. The van der Waals surface area contributed by atoms with Crippen LogP contribution in [0, 0.1) is 5.41 Å². The lowest BCUT2D eigenvalue weighted by Gasteiger charge is -2.34. The van der Waals surface area contributed by atoms with E-state index in [1.807, 2.05) is 6.07 Å². The molecule has 1 unspecified atom stereocenters. The SMILES string of the molecule is CC1(C)Cc2ccccc2C=C1CC(N)OC=O. The molecule has 0 aliphatic heterocycles. The second kappa shape index (κ2) is 4.94. The number of nitrogens with two attached hydrogens (primary N) is 1. The second-order valence-corrected chi connectivity index (χ2v) is 5.40. The minimum Gasteiger partial charge on any atom is -0.449 e. The summed E-state index contributed by atoms with van der Waals surface area (Å²) < 4.78 is 4.78. The van der Waals surface area contributed by atoms with Crippen LogP contribution in [-0.2, 0) is 16.0 Å². The van der Waals surface area contributed by atoms with Gasteiger partial charge in [0.25, 0.3) is 6.47 Å². The number of carbonyl (C=O) groups excluding carboxylic acids is 1. The Morgan fingerprint density at radius 3 is 2.89 bits per heavy atom. The molecule has 18 heavy (non-hydrogen) atoms. The number of fused-ring (bicyclic) bond motifs is 1. The molecule has 0 spiro atoms. The molecule has 3 nitrogen and oxygen atoms in total. The highest BCUT2D eigenvalue weighted by Crippen LogP contribution is 2.39. The highest BCUT2D eigenvalue weighted by atomic mass is 16.5. The predicted molar refractivity (Wildman–Crippen MR) is 71.6 cm³/mol. The van der Waals surface area contributed by atoms with E-state index in [1.54, 1.807) is 0 Å². The quantitative estimate of drug-likeness (QED) is 0.655. The number of hydrogen-bond donors (Lipinski definition) is 1. The summed E-state index contributed by atoms with van der Waals surface area (Å²) in [5.41, 5.74) is 9.65. The Morgan fingerprint density at radius 1 is 1.44 bits per heavy atom. The van der Waals surface area contributed by atoms with Crippen LogP contribution in [0.15, 0.2) is 29.8 Å². The average Bonchev–Trinajstić information content (AvgIpc) is 2.29. The Kier molecular flexibility index (Phi) is 3.53. The maximum absolute atomic E-state index is 10.3. The van der Waals surface area contributed by atoms with Crippen molar-refractivity contribution in [1.82, 2.24) is 0 Å². The summed E-state index contributed by atoms with van der Waals surface area (Å²) in [6, 6.07) is 8.37. The molecule has 1 aliphatic carbocycles. The molecule has 0 heterocycles. The van der Waals surface area contributed by atoms with E-state index < -0.39 is 6.23 Å². The molecule has 1 atom stereocenters. The van der Waals surface area contributed by atoms with Crippen molar-refractivity contribution in [2.45, 2.75) is 32.9 Å². The van der Waals surface area contributed by atoms with Gasteiger partial charge in [0.05, 0.1) is 0 Å². The molecular formula is C15H19NO2. The van der Waals surface area contributed by atoms with Crippen LogP contribution in [0.4, 0.5) is 0 Å². The van der Waals surface area contributed by atoms with E-state index in [4.69, 9.17) is 10.5 Å². The minimum atomic E-state index is -0.557. The molecule has 0 bridgehead atoms. The molecule has 96 valence electrons. The van der Waals surface area contributed by atoms with E-state index in [-0.39, 0.29) is 5.41 Å². The van der Waals surface area contributed by atoms with Crippen LogP contribution in [0.3, 0.4) is 0 Å². The number of ether oxygens (including phenoxy) is 1. The zero-order valence-corrected chi connectivity index (χ0v) is 10.8. The lowest BCUT2D eigenvalue weighted by molar-refractivity contribution is -0.133. The van der Waals surface area contributed by atoms with Crippen molar-refractivity contribution in [2.75, 3.05) is 0 Å². The molecular weight excluding hydrogens is 226 g/mol. The summed E-state index contributed by atoms with van der Waals surface area (Å²) in [7, 11) is 0. The Hall–Kier alpha value is -1.61. The summed E-state index contributed by atoms with van der Waals surface area (Å²) in [6.07, 6.45) is 3.19. The van der Waals surface area contributed by atoms with Crippen molar-refractivity contribution in [3.8, 4) is 0 Å². The van der Waals surface area contributed by atoms with Gasteiger partial charge in [-0.25, -0.2) is 0 Å². The van der Waals surface area contributed by atoms with Crippen molar-refractivity contribution < 1.29 is 9.53 Å². The van der Waals surface area contributed by atoms with Crippen LogP contribution < -0.4 is 5.73 Å². The molecule has 0 aromatic heterocycles. The molecule has 0 saturated heterocycles. The topological polar surface area (TPSA) is 52.3 Å². The van der Waals surface area contributed by atoms with Crippen LogP contribution in [-0.4, -0.2) is 12.7 Å². The fourth-order valence-corrected chi connectivity index (χ4v) is 2.48. The first-order chi connectivity index (χ1) is 8.53. The van der Waals surface area contributed by atoms with Gasteiger partial charge >= 0.3 is 0 Å². The Labute approximate surface area is 108 Å². The summed E-state index contributed by atoms with van der Waals surface area (Å²) >= 11 is 0. The van der Waals surface area contributed by atoms with E-state index in [1.165, 1.54) is 16.7 Å². The van der Waals surface area contributed by atoms with E-state index in [0.717, 1.165) is 6.42 Å². The Morgan fingerprint density at radius 2 is 2.17 bits per heavy atom. The second-order valence-electron chi connectivity index (χ2n) is 5.40. The maximum atomic E-state index is 10.3. The van der Waals surface area contributed by atoms with E-state index in [2.05, 4.69) is 38.1 Å². The zero-order chi connectivity index (χ0) is 13.2. The number of carbonyl (C=O) groups is 1. The van der Waals surface area contributed by atoms with Crippen molar-refractivity contribution in [1.29, 1.82) is 0 Å². The van der Waals surface area contributed by atoms with Crippen LogP contribution in [0.5, 0.6) is 0 Å². The normalized spacial score (nSPS) is 18.5. The largest absolute Gasteiger partial charge is 0.449 e. The van der Waals surface area contributed by atoms with Crippen molar-refractivity contribution >= 4 is 12.5 Å². The van der Waals surface area contributed by atoms with Gasteiger partial charge in [0.1, 0.15) is 0 Å². The molecule has 1 aliphatic rings. The average molecular weight is 245 g/mol. The maximum Gasteiger partial charge on any atom is 0.294 e. The van der Waals surface area contributed by atoms with Gasteiger partial charge < -0.3 is 4.74 Å². The third-order valence-electron chi connectivity index (χ3n) is 3.54. The van der Waals surface area contributed by atoms with Crippen molar-refractivity contribution in [3.63, 3.8) is 0 Å². The van der Waals surface area contributed by atoms with Gasteiger partial charge in [-0.2, -0.15) is 0 Å². The van der Waals surface area contributed by atoms with Crippen LogP contribution in [0.2, 0.25) is 0 Å². The molecule has 1 aromatic carbocycles. The van der Waals surface area contributed by atoms with Crippen LogP contribution >= 0.6 is 0 Å². The first-order valence-electron chi connectivity index (χ1n) is 6.16. The summed E-state index contributed by atoms with van der Waals surface area (Å²) in [5, 5.41) is 0. The van der Waals surface area contributed by atoms with Crippen molar-refractivity contribution in [3.05, 3.63) is 41.0 Å². The van der Waals surface area contributed by atoms with Crippen molar-refractivity contribution in [2.24, 2.45) is 11.1 Å². The molecule has 0 fully saturated rings. The third kappa shape index (κ3) is 2.62. The van der Waals surface area contributed by atoms with Gasteiger partial charge in [-0.05, 0) is 23.0 Å². The predicted octanol–water partition coefficient (Wildman–Crippen LogP) is 2.50. The number of rotatable bonds is 4.